The zero-order chi connectivity index (χ0) is 15.4. The minimum atomic E-state index is 0.504. The maximum atomic E-state index is 4.27. The average molecular weight is 292 g/mol. The van der Waals surface area contributed by atoms with Crippen LogP contribution < -0.4 is 5.43 Å². The summed E-state index contributed by atoms with van der Waals surface area (Å²) in [6.07, 6.45) is 7.16. The number of imidazole rings is 1. The van der Waals surface area contributed by atoms with Crippen molar-refractivity contribution in [2.45, 2.75) is 13.8 Å². The minimum absolute atomic E-state index is 0.504. The highest BCUT2D eigenvalue weighted by Crippen LogP contribution is 2.08. The highest BCUT2D eigenvalue weighted by molar-refractivity contribution is 5.80. The molecule has 0 fully saturated rings. The lowest BCUT2D eigenvalue weighted by atomic mass is 10.2. The Kier molecular flexibility index (Phi) is 3.91. The lowest BCUT2D eigenvalue weighted by molar-refractivity contribution is 1.03. The molecule has 2 heterocycles. The van der Waals surface area contributed by atoms with Crippen LogP contribution in [0.3, 0.4) is 0 Å². The summed E-state index contributed by atoms with van der Waals surface area (Å²) in [6.45, 7) is 3.86. The van der Waals surface area contributed by atoms with Gasteiger partial charge in [0, 0.05) is 29.5 Å². The first-order valence-electron chi connectivity index (χ1n) is 6.90. The standard InChI is InChI=1S/C16H16N6/c1-12-9-13(2)20-16(19-12)21-18-10-14-3-5-15(6-4-14)22-8-7-17-11-22/h3-11H,1-2H3,(H,19,20,21)/b18-10+. The van der Waals surface area contributed by atoms with Gasteiger partial charge in [-0.25, -0.2) is 20.4 Å². The van der Waals surface area contributed by atoms with E-state index >= 15 is 0 Å². The Morgan fingerprint density at radius 3 is 2.45 bits per heavy atom. The molecule has 0 saturated heterocycles. The number of anilines is 1. The largest absolute Gasteiger partial charge is 0.306 e. The second-order valence-corrected chi connectivity index (χ2v) is 4.91. The Morgan fingerprint density at radius 2 is 1.82 bits per heavy atom. The Morgan fingerprint density at radius 1 is 1.09 bits per heavy atom. The maximum absolute atomic E-state index is 4.27. The summed E-state index contributed by atoms with van der Waals surface area (Å²) in [5, 5.41) is 4.17. The molecule has 1 aromatic carbocycles. The van der Waals surface area contributed by atoms with Crippen molar-refractivity contribution in [1.82, 2.24) is 19.5 Å². The Hall–Kier alpha value is -3.02. The molecule has 0 amide bonds. The van der Waals surface area contributed by atoms with E-state index in [9.17, 15) is 0 Å². The normalized spacial score (nSPS) is 11.0. The molecule has 22 heavy (non-hydrogen) atoms. The van der Waals surface area contributed by atoms with E-state index in [1.807, 2.05) is 54.9 Å². The first-order chi connectivity index (χ1) is 10.7. The van der Waals surface area contributed by atoms with Crippen LogP contribution in [-0.4, -0.2) is 25.7 Å². The van der Waals surface area contributed by atoms with Gasteiger partial charge in [0.1, 0.15) is 0 Å². The lowest BCUT2D eigenvalue weighted by Crippen LogP contribution is -1.99. The van der Waals surface area contributed by atoms with Gasteiger partial charge in [0.25, 0.3) is 0 Å². The van der Waals surface area contributed by atoms with Crippen LogP contribution in [0.4, 0.5) is 5.95 Å². The molecule has 1 N–H and O–H groups in total. The highest BCUT2D eigenvalue weighted by Gasteiger charge is 1.97. The molecular weight excluding hydrogens is 276 g/mol. The molecule has 0 saturated carbocycles. The van der Waals surface area contributed by atoms with Crippen molar-refractivity contribution in [2.24, 2.45) is 5.10 Å². The Bertz CT molecular complexity index is 755. The SMILES string of the molecule is Cc1cc(C)nc(N/N=C/c2ccc(-n3ccnc3)cc2)n1. The van der Waals surface area contributed by atoms with E-state index in [0.29, 0.717) is 5.95 Å². The molecule has 3 aromatic rings. The summed E-state index contributed by atoms with van der Waals surface area (Å²) in [5.41, 5.74) is 6.72. The van der Waals surface area contributed by atoms with Gasteiger partial charge in [-0.1, -0.05) is 12.1 Å². The predicted octanol–water partition coefficient (Wildman–Crippen LogP) is 2.73. The molecule has 6 heteroatoms. The van der Waals surface area contributed by atoms with Gasteiger partial charge in [0.2, 0.25) is 5.95 Å². The van der Waals surface area contributed by atoms with Gasteiger partial charge in [-0.2, -0.15) is 5.10 Å². The highest BCUT2D eigenvalue weighted by atomic mass is 15.3. The van der Waals surface area contributed by atoms with Crippen molar-refractivity contribution in [2.75, 3.05) is 5.43 Å². The van der Waals surface area contributed by atoms with Crippen LogP contribution in [0.2, 0.25) is 0 Å². The van der Waals surface area contributed by atoms with Crippen LogP contribution in [0.25, 0.3) is 5.69 Å². The quantitative estimate of drug-likeness (QED) is 0.593. The van der Waals surface area contributed by atoms with Gasteiger partial charge in [-0.15, -0.1) is 0 Å². The van der Waals surface area contributed by atoms with Crippen molar-refractivity contribution >= 4 is 12.2 Å². The van der Waals surface area contributed by atoms with Gasteiger partial charge in [0.15, 0.2) is 0 Å². The molecule has 2 aromatic heterocycles. The van der Waals surface area contributed by atoms with Crippen molar-refractivity contribution in [3.63, 3.8) is 0 Å². The zero-order valence-corrected chi connectivity index (χ0v) is 12.4. The van der Waals surface area contributed by atoms with E-state index < -0.39 is 0 Å². The molecule has 0 aliphatic carbocycles. The maximum Gasteiger partial charge on any atom is 0.243 e. The molecule has 0 bridgehead atoms. The lowest BCUT2D eigenvalue weighted by Gasteiger charge is -2.03. The van der Waals surface area contributed by atoms with Crippen molar-refractivity contribution in [1.29, 1.82) is 0 Å². The molecule has 0 aliphatic rings. The van der Waals surface area contributed by atoms with Crippen LogP contribution >= 0.6 is 0 Å². The van der Waals surface area contributed by atoms with Gasteiger partial charge in [0.05, 0.1) is 12.5 Å². The van der Waals surface area contributed by atoms with E-state index in [0.717, 1.165) is 22.6 Å². The van der Waals surface area contributed by atoms with Gasteiger partial charge in [-0.05, 0) is 37.6 Å². The third kappa shape index (κ3) is 3.35. The predicted molar refractivity (Wildman–Crippen MR) is 86.3 cm³/mol. The fourth-order valence-corrected chi connectivity index (χ4v) is 2.08. The molecular formula is C16H16N6. The molecule has 0 spiro atoms. The number of hydrogen-bond donors (Lipinski definition) is 1. The van der Waals surface area contributed by atoms with Crippen LogP contribution in [0.15, 0.2) is 54.2 Å². The fourth-order valence-electron chi connectivity index (χ4n) is 2.08. The number of nitrogens with one attached hydrogen (secondary N) is 1. The third-order valence-corrected chi connectivity index (χ3v) is 3.06. The van der Waals surface area contributed by atoms with Crippen LogP contribution in [0, 0.1) is 13.8 Å². The number of hydrogen-bond acceptors (Lipinski definition) is 5. The van der Waals surface area contributed by atoms with Crippen LogP contribution in [0.5, 0.6) is 0 Å². The fraction of sp³-hybridized carbons (Fsp3) is 0.125. The molecule has 6 nitrogen and oxygen atoms in total. The van der Waals surface area contributed by atoms with Gasteiger partial charge in [-0.3, -0.25) is 0 Å². The van der Waals surface area contributed by atoms with E-state index in [-0.39, 0.29) is 0 Å². The number of nitrogens with zero attached hydrogens (tertiary/aromatic N) is 5. The second kappa shape index (κ2) is 6.17. The summed E-state index contributed by atoms with van der Waals surface area (Å²) in [4.78, 5) is 12.6. The number of aryl methyl sites for hydroxylation is 2. The first kappa shape index (κ1) is 13.9. The minimum Gasteiger partial charge on any atom is -0.306 e. The van der Waals surface area contributed by atoms with Gasteiger partial charge < -0.3 is 4.57 Å². The number of benzene rings is 1. The van der Waals surface area contributed by atoms with E-state index in [1.165, 1.54) is 0 Å². The molecule has 0 unspecified atom stereocenters. The summed E-state index contributed by atoms with van der Waals surface area (Å²) < 4.78 is 1.95. The monoisotopic (exact) mass is 292 g/mol. The summed E-state index contributed by atoms with van der Waals surface area (Å²) in [5.74, 6) is 0.504. The van der Waals surface area contributed by atoms with E-state index in [1.54, 1.807) is 18.7 Å². The summed E-state index contributed by atoms with van der Waals surface area (Å²) in [6, 6.07) is 9.92. The molecule has 0 radical (unpaired) electrons. The van der Waals surface area contributed by atoms with Crippen LogP contribution in [0.1, 0.15) is 17.0 Å². The molecule has 0 aliphatic heterocycles. The smallest absolute Gasteiger partial charge is 0.243 e. The first-order valence-corrected chi connectivity index (χ1v) is 6.90. The molecule has 3 rings (SSSR count). The molecule has 0 atom stereocenters. The molecule has 110 valence electrons. The number of aromatic nitrogens is 4. The van der Waals surface area contributed by atoms with Crippen molar-refractivity contribution in [3.8, 4) is 5.69 Å². The number of rotatable bonds is 4. The summed E-state index contributed by atoms with van der Waals surface area (Å²) >= 11 is 0. The van der Waals surface area contributed by atoms with E-state index in [4.69, 9.17) is 0 Å². The Labute approximate surface area is 128 Å². The third-order valence-electron chi connectivity index (χ3n) is 3.06. The second-order valence-electron chi connectivity index (χ2n) is 4.91. The average Bonchev–Trinajstić information content (AvgIpc) is 3.01. The van der Waals surface area contributed by atoms with Crippen LogP contribution in [-0.2, 0) is 0 Å². The Balaban J connectivity index is 1.68. The van der Waals surface area contributed by atoms with E-state index in [2.05, 4.69) is 25.5 Å². The summed E-state index contributed by atoms with van der Waals surface area (Å²) in [7, 11) is 0. The van der Waals surface area contributed by atoms with Gasteiger partial charge >= 0.3 is 0 Å². The topological polar surface area (TPSA) is 68.0 Å². The number of hydrazone groups is 1. The van der Waals surface area contributed by atoms with Crippen molar-refractivity contribution in [3.05, 3.63) is 66.0 Å². The zero-order valence-electron chi connectivity index (χ0n) is 12.4. The van der Waals surface area contributed by atoms with Crippen molar-refractivity contribution < 1.29 is 0 Å².